The Hall–Kier alpha value is -6.43. The second-order valence-corrected chi connectivity index (χ2v) is 15.1. The van der Waals surface area contributed by atoms with Crippen molar-refractivity contribution >= 4 is 85.9 Å². The molecule has 1 aromatic heterocycles. The maximum atomic E-state index is 2.65. The zero-order chi connectivity index (χ0) is 36.6. The van der Waals surface area contributed by atoms with Crippen LogP contribution in [0, 0.1) is 0 Å². The first kappa shape index (κ1) is 33.2. The van der Waals surface area contributed by atoms with Crippen LogP contribution in [0.4, 0.5) is 17.1 Å². The quantitative estimate of drug-likeness (QED) is 0.152. The average Bonchev–Trinajstić information content (AvgIpc) is 3.66. The third-order valence-electron chi connectivity index (χ3n) is 10.8. The van der Waals surface area contributed by atoms with Crippen molar-refractivity contribution in [2.45, 2.75) is 0 Å². The highest BCUT2D eigenvalue weighted by Crippen LogP contribution is 2.41. The van der Waals surface area contributed by atoms with Crippen molar-refractivity contribution in [1.82, 2.24) is 0 Å². The Morgan fingerprint density at radius 2 is 0.727 bits per heavy atom. The molecule has 10 rings (SSSR count). The molecule has 1 fully saturated rings. The summed E-state index contributed by atoms with van der Waals surface area (Å²) in [5.74, 6) is 0. The summed E-state index contributed by atoms with van der Waals surface area (Å²) in [6.07, 6.45) is 0. The minimum atomic E-state index is -0.186. The highest BCUT2D eigenvalue weighted by molar-refractivity contribution is 7.26. The molecule has 7 heteroatoms. The summed E-state index contributed by atoms with van der Waals surface area (Å²) < 4.78 is 10.5. The molecule has 55 heavy (non-hydrogen) atoms. The van der Waals surface area contributed by atoms with Gasteiger partial charge in [0.25, 0.3) is 0 Å². The zero-order valence-electron chi connectivity index (χ0n) is 30.3. The minimum Gasteiger partial charge on any atom is -0.416 e. The van der Waals surface area contributed by atoms with Crippen molar-refractivity contribution in [3.05, 3.63) is 218 Å². The first-order valence-electron chi connectivity index (χ1n) is 18.9. The molecule has 0 spiro atoms. The fourth-order valence-corrected chi connectivity index (χ4v) is 9.74. The summed E-state index contributed by atoms with van der Waals surface area (Å²) in [4.78, 5) is 0. The maximum Gasteiger partial charge on any atom is 0.388 e. The number of hydrogen-bond donors (Lipinski definition) is 0. The van der Waals surface area contributed by atoms with E-state index in [4.69, 9.17) is 0 Å². The van der Waals surface area contributed by atoms with Crippen LogP contribution in [0.1, 0.15) is 0 Å². The van der Waals surface area contributed by atoms with Crippen LogP contribution in [-0.4, -0.2) is 20.9 Å². The lowest BCUT2D eigenvalue weighted by atomic mass is 9.37. The SMILES string of the molecule is c1ccc(B2N(c3ccccc3)B(c3ccccc3)N(c3cccc(-c4cccc5c4sc4ccccc45)c3)B(c3ccccc3)N2c2ccccc2)cc1. The normalized spacial score (nSPS) is 13.2. The Labute approximate surface area is 328 Å². The molecule has 258 valence electrons. The summed E-state index contributed by atoms with van der Waals surface area (Å²) in [6, 6.07) is 79.8. The van der Waals surface area contributed by atoms with E-state index in [9.17, 15) is 0 Å². The molecular weight excluding hydrogens is 683 g/mol. The summed E-state index contributed by atoms with van der Waals surface area (Å²) >= 11 is 1.88. The van der Waals surface area contributed by atoms with Crippen LogP contribution in [0.3, 0.4) is 0 Å². The molecule has 0 aliphatic carbocycles. The predicted octanol–water partition coefficient (Wildman–Crippen LogP) is 9.74. The van der Waals surface area contributed by atoms with E-state index in [1.165, 1.54) is 47.7 Å². The standard InChI is InChI=1S/C48H36B3N3S/c1-6-21-38(22-7-1)49-52(41-27-12-4-13-28-41)50(39-23-8-2-9-24-39)54(51(40-25-10-3-11-26-40)53(49)42-29-14-5-15-30-42)43-31-18-20-37(36-43)44-33-19-34-46-45-32-16-17-35-47(45)55-48(44)46/h1-36H. The molecule has 0 radical (unpaired) electrons. The molecule has 1 saturated heterocycles. The third kappa shape index (κ3) is 5.98. The Kier molecular flexibility index (Phi) is 8.70. The number of anilines is 3. The monoisotopic (exact) mass is 719 g/mol. The molecule has 0 atom stereocenters. The van der Waals surface area contributed by atoms with E-state index in [1.807, 2.05) is 11.3 Å². The molecule has 0 bridgehead atoms. The van der Waals surface area contributed by atoms with E-state index >= 15 is 0 Å². The van der Waals surface area contributed by atoms with E-state index in [2.05, 4.69) is 233 Å². The summed E-state index contributed by atoms with van der Waals surface area (Å²) in [5, 5.41) is 2.62. The molecule has 0 saturated carbocycles. The van der Waals surface area contributed by atoms with Crippen LogP contribution < -0.4 is 30.6 Å². The van der Waals surface area contributed by atoms with Crippen LogP contribution in [0.5, 0.6) is 0 Å². The summed E-state index contributed by atoms with van der Waals surface area (Å²) in [5.41, 5.74) is 9.57. The van der Waals surface area contributed by atoms with Gasteiger partial charge in [-0.25, -0.2) is 0 Å². The van der Waals surface area contributed by atoms with Gasteiger partial charge in [0.15, 0.2) is 0 Å². The smallest absolute Gasteiger partial charge is 0.388 e. The van der Waals surface area contributed by atoms with Gasteiger partial charge in [0, 0.05) is 37.2 Å². The van der Waals surface area contributed by atoms with Gasteiger partial charge in [0.2, 0.25) is 0 Å². The van der Waals surface area contributed by atoms with Crippen LogP contribution in [0.25, 0.3) is 31.3 Å². The largest absolute Gasteiger partial charge is 0.416 e. The second-order valence-electron chi connectivity index (χ2n) is 14.1. The van der Waals surface area contributed by atoms with E-state index in [1.54, 1.807) is 0 Å². The van der Waals surface area contributed by atoms with Crippen LogP contribution in [0.15, 0.2) is 218 Å². The molecule has 9 aromatic rings. The van der Waals surface area contributed by atoms with E-state index in [0.29, 0.717) is 0 Å². The predicted molar refractivity (Wildman–Crippen MR) is 241 cm³/mol. The molecule has 1 aliphatic heterocycles. The molecule has 8 aromatic carbocycles. The van der Waals surface area contributed by atoms with Crippen molar-refractivity contribution < 1.29 is 0 Å². The van der Waals surface area contributed by atoms with Gasteiger partial charge in [-0.3, -0.25) is 0 Å². The fraction of sp³-hybridized carbons (Fsp3) is 0. The fourth-order valence-electron chi connectivity index (χ4n) is 8.50. The molecule has 1 aliphatic rings. The third-order valence-corrected chi connectivity index (χ3v) is 12.1. The number of para-hydroxylation sites is 2. The number of benzene rings is 8. The highest BCUT2D eigenvalue weighted by Gasteiger charge is 2.55. The average molecular weight is 719 g/mol. The summed E-state index contributed by atoms with van der Waals surface area (Å²) in [7, 11) is 0. The lowest BCUT2D eigenvalue weighted by Crippen LogP contribution is -2.86. The zero-order valence-corrected chi connectivity index (χ0v) is 31.1. The molecule has 3 nitrogen and oxygen atoms in total. The first-order valence-corrected chi connectivity index (χ1v) is 19.8. The molecule has 0 unspecified atom stereocenters. The van der Waals surface area contributed by atoms with Gasteiger partial charge < -0.3 is 14.2 Å². The van der Waals surface area contributed by atoms with Gasteiger partial charge in [0.05, 0.1) is 0 Å². The molecule has 0 amide bonds. The second kappa shape index (κ2) is 14.4. The van der Waals surface area contributed by atoms with Crippen molar-refractivity contribution in [2.75, 3.05) is 14.2 Å². The van der Waals surface area contributed by atoms with Crippen LogP contribution in [0.2, 0.25) is 0 Å². The molecule has 0 N–H and O–H groups in total. The molecular formula is C48H36B3N3S. The lowest BCUT2D eigenvalue weighted by Gasteiger charge is -2.57. The first-order chi connectivity index (χ1) is 27.3. The Bertz CT molecular complexity index is 2610. The van der Waals surface area contributed by atoms with Gasteiger partial charge in [-0.05, 0) is 70.0 Å². The number of fused-ring (bicyclic) bond motifs is 3. The Morgan fingerprint density at radius 3 is 1.25 bits per heavy atom. The van der Waals surface area contributed by atoms with Crippen LogP contribution in [-0.2, 0) is 0 Å². The molecule has 2 heterocycles. The van der Waals surface area contributed by atoms with E-state index < -0.39 is 0 Å². The van der Waals surface area contributed by atoms with Crippen molar-refractivity contribution in [2.24, 2.45) is 0 Å². The van der Waals surface area contributed by atoms with Gasteiger partial charge in [0.1, 0.15) is 0 Å². The topological polar surface area (TPSA) is 9.72 Å². The maximum absolute atomic E-state index is 2.65. The number of nitrogens with zero attached hydrogens (tertiary/aromatic N) is 3. The lowest BCUT2D eigenvalue weighted by molar-refractivity contribution is 1.29. The van der Waals surface area contributed by atoms with Gasteiger partial charge in [-0.1, -0.05) is 176 Å². The number of hydrogen-bond acceptors (Lipinski definition) is 4. The van der Waals surface area contributed by atoms with Crippen molar-refractivity contribution in [3.63, 3.8) is 0 Å². The number of rotatable bonds is 7. The minimum absolute atomic E-state index is 0.159. The van der Waals surface area contributed by atoms with Gasteiger partial charge in [-0.15, -0.1) is 11.3 Å². The van der Waals surface area contributed by atoms with Gasteiger partial charge >= 0.3 is 20.9 Å². The number of thiophene rings is 1. The van der Waals surface area contributed by atoms with E-state index in [-0.39, 0.29) is 20.9 Å². The summed E-state index contributed by atoms with van der Waals surface area (Å²) in [6.45, 7) is -0.531. The van der Waals surface area contributed by atoms with Crippen molar-refractivity contribution in [1.29, 1.82) is 0 Å². The van der Waals surface area contributed by atoms with Gasteiger partial charge in [-0.2, -0.15) is 0 Å². The van der Waals surface area contributed by atoms with E-state index in [0.717, 1.165) is 17.1 Å². The van der Waals surface area contributed by atoms with Crippen molar-refractivity contribution in [3.8, 4) is 11.1 Å². The highest BCUT2D eigenvalue weighted by atomic mass is 32.1. The van der Waals surface area contributed by atoms with Crippen LogP contribution >= 0.6 is 11.3 Å². The Balaban J connectivity index is 1.27. The Morgan fingerprint density at radius 1 is 0.327 bits per heavy atom.